The summed E-state index contributed by atoms with van der Waals surface area (Å²) in [5.41, 5.74) is 1.18. The standard InChI is InChI=1S/C18H25N5O2/c1-21-6-7-23-17(12-21)19-20-18(23)16-9-14(24)11-22(16)10-13-4-3-5-15(8-13)25-2/h3-5,8,14,16,24H,6-7,9-12H2,1-2H3/t14-,16-/m0/s1. The highest BCUT2D eigenvalue weighted by atomic mass is 16.5. The maximum absolute atomic E-state index is 10.3. The zero-order valence-electron chi connectivity index (χ0n) is 14.8. The lowest BCUT2D eigenvalue weighted by Gasteiger charge is -2.27. The molecule has 0 aliphatic carbocycles. The second-order valence-corrected chi connectivity index (χ2v) is 7.05. The van der Waals surface area contributed by atoms with Crippen molar-refractivity contribution >= 4 is 0 Å². The highest BCUT2D eigenvalue weighted by Crippen LogP contribution is 2.33. The molecule has 1 fully saturated rings. The first-order valence-corrected chi connectivity index (χ1v) is 8.79. The van der Waals surface area contributed by atoms with Crippen LogP contribution in [0.25, 0.3) is 0 Å². The number of hydrogen-bond donors (Lipinski definition) is 1. The maximum Gasteiger partial charge on any atom is 0.150 e. The van der Waals surface area contributed by atoms with Crippen molar-refractivity contribution in [2.45, 2.75) is 38.2 Å². The summed E-state index contributed by atoms with van der Waals surface area (Å²) in [6.45, 7) is 4.17. The van der Waals surface area contributed by atoms with E-state index in [1.807, 2.05) is 12.1 Å². The third-order valence-corrected chi connectivity index (χ3v) is 5.17. The SMILES string of the molecule is COc1cccc(CN2C[C@@H](O)C[C@H]2c2nnc3n2CCN(C)C3)c1. The second kappa shape index (κ2) is 6.74. The molecule has 2 aliphatic rings. The topological polar surface area (TPSA) is 66.7 Å². The van der Waals surface area contributed by atoms with Crippen LogP contribution in [0, 0.1) is 0 Å². The molecular formula is C18H25N5O2. The van der Waals surface area contributed by atoms with Gasteiger partial charge in [0.2, 0.25) is 0 Å². The van der Waals surface area contributed by atoms with Gasteiger partial charge in [-0.2, -0.15) is 0 Å². The molecule has 0 unspecified atom stereocenters. The molecule has 0 amide bonds. The number of aliphatic hydroxyl groups excluding tert-OH is 1. The van der Waals surface area contributed by atoms with Gasteiger partial charge < -0.3 is 14.4 Å². The van der Waals surface area contributed by atoms with Gasteiger partial charge in [0.1, 0.15) is 11.6 Å². The number of benzene rings is 1. The van der Waals surface area contributed by atoms with Crippen LogP contribution in [0.2, 0.25) is 0 Å². The number of β-amino-alcohol motifs (C(OH)–C–C–N with tert-alkyl or cyclic N) is 1. The van der Waals surface area contributed by atoms with Crippen LogP contribution in [0.3, 0.4) is 0 Å². The van der Waals surface area contributed by atoms with E-state index in [1.165, 1.54) is 5.56 Å². The molecule has 1 N–H and O–H groups in total. The van der Waals surface area contributed by atoms with Crippen LogP contribution < -0.4 is 4.74 Å². The average Bonchev–Trinajstić information content (AvgIpc) is 3.17. The van der Waals surface area contributed by atoms with Gasteiger partial charge in [0.05, 0.1) is 25.8 Å². The summed E-state index contributed by atoms with van der Waals surface area (Å²) in [6.07, 6.45) is 0.382. The van der Waals surface area contributed by atoms with Gasteiger partial charge in [-0.05, 0) is 31.2 Å². The zero-order valence-corrected chi connectivity index (χ0v) is 14.8. The van der Waals surface area contributed by atoms with E-state index in [9.17, 15) is 5.11 Å². The summed E-state index contributed by atoms with van der Waals surface area (Å²) in [6, 6.07) is 8.20. The summed E-state index contributed by atoms with van der Waals surface area (Å²) < 4.78 is 7.56. The minimum Gasteiger partial charge on any atom is -0.497 e. The Hall–Kier alpha value is -1.96. The first kappa shape index (κ1) is 16.5. The van der Waals surface area contributed by atoms with Crippen molar-refractivity contribution in [3.63, 3.8) is 0 Å². The van der Waals surface area contributed by atoms with Gasteiger partial charge in [0, 0.05) is 26.2 Å². The molecule has 2 atom stereocenters. The van der Waals surface area contributed by atoms with Crippen LogP contribution in [-0.2, 0) is 19.6 Å². The third kappa shape index (κ3) is 3.27. The lowest BCUT2D eigenvalue weighted by molar-refractivity contribution is 0.171. The molecule has 0 spiro atoms. The summed E-state index contributed by atoms with van der Waals surface area (Å²) in [5, 5.41) is 19.1. The highest BCUT2D eigenvalue weighted by Gasteiger charge is 2.36. The van der Waals surface area contributed by atoms with Crippen LogP contribution in [0.1, 0.15) is 29.7 Å². The van der Waals surface area contributed by atoms with Crippen molar-refractivity contribution in [3.8, 4) is 5.75 Å². The molecule has 0 saturated carbocycles. The Bertz CT molecular complexity index is 747. The van der Waals surface area contributed by atoms with Crippen molar-refractivity contribution in [3.05, 3.63) is 41.5 Å². The molecule has 4 rings (SSSR count). The molecule has 2 aliphatic heterocycles. The molecule has 25 heavy (non-hydrogen) atoms. The molecule has 2 aromatic rings. The fraction of sp³-hybridized carbons (Fsp3) is 0.556. The maximum atomic E-state index is 10.3. The fourth-order valence-electron chi connectivity index (χ4n) is 3.88. The monoisotopic (exact) mass is 343 g/mol. The van der Waals surface area contributed by atoms with Crippen molar-refractivity contribution in [1.82, 2.24) is 24.6 Å². The molecule has 0 radical (unpaired) electrons. The predicted octanol–water partition coefficient (Wildman–Crippen LogP) is 1.04. The van der Waals surface area contributed by atoms with Crippen molar-refractivity contribution < 1.29 is 9.84 Å². The first-order chi connectivity index (χ1) is 12.1. The van der Waals surface area contributed by atoms with Gasteiger partial charge in [-0.15, -0.1) is 10.2 Å². The molecule has 1 aromatic heterocycles. The molecule has 7 nitrogen and oxygen atoms in total. The number of likely N-dealkylation sites (N-methyl/N-ethyl adjacent to an activating group) is 1. The predicted molar refractivity (Wildman–Crippen MR) is 93.1 cm³/mol. The number of rotatable bonds is 4. The van der Waals surface area contributed by atoms with E-state index in [2.05, 4.69) is 43.7 Å². The van der Waals surface area contributed by atoms with Gasteiger partial charge in [-0.3, -0.25) is 9.80 Å². The Morgan fingerprint density at radius 2 is 2.16 bits per heavy atom. The fourth-order valence-corrected chi connectivity index (χ4v) is 3.88. The van der Waals surface area contributed by atoms with Crippen LogP contribution in [0.15, 0.2) is 24.3 Å². The third-order valence-electron chi connectivity index (χ3n) is 5.17. The van der Waals surface area contributed by atoms with Crippen LogP contribution in [0.5, 0.6) is 5.75 Å². The van der Waals surface area contributed by atoms with Crippen molar-refractivity contribution in [1.29, 1.82) is 0 Å². The summed E-state index contributed by atoms with van der Waals surface area (Å²) in [4.78, 5) is 4.56. The average molecular weight is 343 g/mol. The van der Waals surface area contributed by atoms with Gasteiger partial charge >= 0.3 is 0 Å². The number of aromatic nitrogens is 3. The minimum absolute atomic E-state index is 0.103. The van der Waals surface area contributed by atoms with E-state index in [0.29, 0.717) is 13.0 Å². The van der Waals surface area contributed by atoms with E-state index in [4.69, 9.17) is 4.74 Å². The minimum atomic E-state index is -0.324. The van der Waals surface area contributed by atoms with Gasteiger partial charge in [-0.1, -0.05) is 12.1 Å². The number of likely N-dealkylation sites (tertiary alicyclic amines) is 1. The van der Waals surface area contributed by atoms with Crippen molar-refractivity contribution in [2.75, 3.05) is 27.2 Å². The molecule has 1 aromatic carbocycles. The van der Waals surface area contributed by atoms with Crippen LogP contribution in [-0.4, -0.2) is 63.0 Å². The molecule has 1 saturated heterocycles. The number of nitrogens with zero attached hydrogens (tertiary/aromatic N) is 5. The van der Waals surface area contributed by atoms with E-state index in [1.54, 1.807) is 7.11 Å². The van der Waals surface area contributed by atoms with Crippen LogP contribution >= 0.6 is 0 Å². The Labute approximate surface area is 147 Å². The quantitative estimate of drug-likeness (QED) is 0.895. The lowest BCUT2D eigenvalue weighted by Crippen LogP contribution is -2.33. The molecule has 134 valence electrons. The van der Waals surface area contributed by atoms with Gasteiger partial charge in [-0.25, -0.2) is 0 Å². The van der Waals surface area contributed by atoms with E-state index >= 15 is 0 Å². The van der Waals surface area contributed by atoms with Gasteiger partial charge in [0.15, 0.2) is 5.82 Å². The zero-order chi connectivity index (χ0) is 17.4. The largest absolute Gasteiger partial charge is 0.497 e. The van der Waals surface area contributed by atoms with Crippen molar-refractivity contribution in [2.24, 2.45) is 0 Å². The summed E-state index contributed by atoms with van der Waals surface area (Å²) in [7, 11) is 3.79. The summed E-state index contributed by atoms with van der Waals surface area (Å²) >= 11 is 0. The number of methoxy groups -OCH3 is 1. The highest BCUT2D eigenvalue weighted by molar-refractivity contribution is 5.28. The van der Waals surface area contributed by atoms with E-state index in [0.717, 1.165) is 43.6 Å². The first-order valence-electron chi connectivity index (χ1n) is 8.79. The number of fused-ring (bicyclic) bond motifs is 1. The van der Waals surface area contributed by atoms with Crippen LogP contribution in [0.4, 0.5) is 0 Å². The molecule has 3 heterocycles. The smallest absolute Gasteiger partial charge is 0.150 e. The normalized spacial score (nSPS) is 24.4. The Morgan fingerprint density at radius 3 is 3.00 bits per heavy atom. The Kier molecular flexibility index (Phi) is 4.45. The molecular weight excluding hydrogens is 318 g/mol. The number of hydrogen-bond acceptors (Lipinski definition) is 6. The lowest BCUT2D eigenvalue weighted by atomic mass is 10.1. The Balaban J connectivity index is 1.58. The number of ether oxygens (including phenoxy) is 1. The van der Waals surface area contributed by atoms with E-state index < -0.39 is 0 Å². The number of aliphatic hydroxyl groups is 1. The second-order valence-electron chi connectivity index (χ2n) is 7.05. The molecule has 0 bridgehead atoms. The van der Waals surface area contributed by atoms with E-state index in [-0.39, 0.29) is 12.1 Å². The molecule has 7 heteroatoms. The van der Waals surface area contributed by atoms with Gasteiger partial charge in [0.25, 0.3) is 0 Å². The Morgan fingerprint density at radius 1 is 1.28 bits per heavy atom. The summed E-state index contributed by atoms with van der Waals surface area (Å²) in [5.74, 6) is 2.87.